The van der Waals surface area contributed by atoms with Crippen LogP contribution in [0.2, 0.25) is 5.02 Å². The van der Waals surface area contributed by atoms with Crippen LogP contribution in [0, 0.1) is 17.8 Å². The van der Waals surface area contributed by atoms with Crippen LogP contribution in [0.15, 0.2) is 48.7 Å². The molecule has 2 aliphatic rings. The number of fused-ring (bicyclic) bond motifs is 1. The summed E-state index contributed by atoms with van der Waals surface area (Å²) in [6.45, 7) is 0. The van der Waals surface area contributed by atoms with Crippen LogP contribution in [0.4, 0.5) is 0 Å². The lowest BCUT2D eigenvalue weighted by atomic mass is 9.64. The van der Waals surface area contributed by atoms with Gasteiger partial charge < -0.3 is 5.11 Å². The van der Waals surface area contributed by atoms with Gasteiger partial charge in [-0.25, -0.2) is 0 Å². The Morgan fingerprint density at radius 3 is 2.73 bits per heavy atom. The molecule has 1 aromatic carbocycles. The Morgan fingerprint density at radius 2 is 1.92 bits per heavy atom. The minimum Gasteiger partial charge on any atom is -0.393 e. The Bertz CT molecular complexity index is 770. The first-order valence-electron chi connectivity index (χ1n) is 9.77. The summed E-state index contributed by atoms with van der Waals surface area (Å²) in [5.41, 5.74) is 3.13. The van der Waals surface area contributed by atoms with Crippen LogP contribution in [0.25, 0.3) is 17.2 Å². The van der Waals surface area contributed by atoms with Gasteiger partial charge in [-0.3, -0.25) is 4.98 Å². The van der Waals surface area contributed by atoms with Gasteiger partial charge in [0, 0.05) is 16.8 Å². The number of rotatable bonds is 3. The molecule has 2 aromatic rings. The number of nitrogens with zero attached hydrogens (tertiary/aromatic N) is 1. The molecule has 3 heteroatoms. The quantitative estimate of drug-likeness (QED) is 0.722. The lowest BCUT2D eigenvalue weighted by Crippen LogP contribution is -2.36. The fourth-order valence-electron chi connectivity index (χ4n) is 4.81. The molecule has 1 aromatic heterocycles. The Balaban J connectivity index is 1.48. The Labute approximate surface area is 160 Å². The molecule has 136 valence electrons. The molecule has 0 radical (unpaired) electrons. The van der Waals surface area contributed by atoms with Crippen molar-refractivity contribution in [2.24, 2.45) is 17.8 Å². The second-order valence-electron chi connectivity index (χ2n) is 7.84. The highest BCUT2D eigenvalue weighted by atomic mass is 35.5. The van der Waals surface area contributed by atoms with E-state index in [2.05, 4.69) is 29.3 Å². The summed E-state index contributed by atoms with van der Waals surface area (Å²) in [6.07, 6.45) is 13.4. The van der Waals surface area contributed by atoms with Crippen LogP contribution in [0.1, 0.15) is 44.2 Å². The maximum absolute atomic E-state index is 10.2. The number of benzene rings is 1. The Morgan fingerprint density at radius 1 is 1.04 bits per heavy atom. The van der Waals surface area contributed by atoms with E-state index in [1.165, 1.54) is 25.7 Å². The van der Waals surface area contributed by atoms with E-state index in [0.29, 0.717) is 11.8 Å². The average molecular weight is 368 g/mol. The van der Waals surface area contributed by atoms with Crippen molar-refractivity contribution < 1.29 is 5.11 Å². The molecule has 2 nitrogen and oxygen atoms in total. The van der Waals surface area contributed by atoms with Crippen molar-refractivity contribution in [3.8, 4) is 11.1 Å². The van der Waals surface area contributed by atoms with Crippen molar-refractivity contribution in [1.82, 2.24) is 4.98 Å². The van der Waals surface area contributed by atoms with Gasteiger partial charge in [-0.15, -0.1) is 0 Å². The zero-order valence-electron chi connectivity index (χ0n) is 15.0. The predicted molar refractivity (Wildman–Crippen MR) is 108 cm³/mol. The van der Waals surface area contributed by atoms with E-state index in [0.717, 1.165) is 40.6 Å². The summed E-state index contributed by atoms with van der Waals surface area (Å²) in [4.78, 5) is 4.60. The number of pyridine rings is 1. The van der Waals surface area contributed by atoms with E-state index in [4.69, 9.17) is 11.6 Å². The smallest absolute Gasteiger partial charge is 0.0627 e. The molecular formula is C23H26ClNO. The molecule has 0 aliphatic heterocycles. The van der Waals surface area contributed by atoms with Crippen LogP contribution >= 0.6 is 11.6 Å². The van der Waals surface area contributed by atoms with Gasteiger partial charge in [-0.1, -0.05) is 55.1 Å². The van der Waals surface area contributed by atoms with Gasteiger partial charge >= 0.3 is 0 Å². The molecule has 2 aliphatic carbocycles. The van der Waals surface area contributed by atoms with Crippen LogP contribution in [0.5, 0.6) is 0 Å². The van der Waals surface area contributed by atoms with Gasteiger partial charge in [-0.2, -0.15) is 0 Å². The monoisotopic (exact) mass is 367 g/mol. The fraction of sp³-hybridized carbons (Fsp3) is 0.435. The Hall–Kier alpha value is -1.64. The SMILES string of the molecule is O[C@H]1C[C@@H]2CCCC[C@H]2[C@H](/C=C/c2ccc(-c3cccc(Cl)c3)cn2)C1. The lowest BCUT2D eigenvalue weighted by molar-refractivity contribution is 0.0232. The molecule has 26 heavy (non-hydrogen) atoms. The molecule has 2 fully saturated rings. The molecule has 2 saturated carbocycles. The summed E-state index contributed by atoms with van der Waals surface area (Å²) in [5, 5.41) is 11.0. The summed E-state index contributed by atoms with van der Waals surface area (Å²) in [5.74, 6) is 1.94. The first-order valence-corrected chi connectivity index (χ1v) is 10.1. The number of aliphatic hydroxyl groups excluding tert-OH is 1. The third-order valence-corrected chi connectivity index (χ3v) is 6.33. The predicted octanol–water partition coefficient (Wildman–Crippen LogP) is 5.99. The van der Waals surface area contributed by atoms with Crippen molar-refractivity contribution in [2.75, 3.05) is 0 Å². The lowest BCUT2D eigenvalue weighted by Gasteiger charge is -2.42. The maximum Gasteiger partial charge on any atom is 0.0627 e. The third-order valence-electron chi connectivity index (χ3n) is 6.10. The molecule has 0 spiro atoms. The van der Waals surface area contributed by atoms with Gasteiger partial charge in [0.1, 0.15) is 0 Å². The van der Waals surface area contributed by atoms with Crippen molar-refractivity contribution in [2.45, 2.75) is 44.6 Å². The fourth-order valence-corrected chi connectivity index (χ4v) is 5.00. The second-order valence-corrected chi connectivity index (χ2v) is 8.28. The van der Waals surface area contributed by atoms with Gasteiger partial charge in [-0.05, 0) is 66.9 Å². The Kier molecular flexibility index (Phi) is 5.42. The van der Waals surface area contributed by atoms with Gasteiger partial charge in [0.15, 0.2) is 0 Å². The van der Waals surface area contributed by atoms with E-state index in [1.807, 2.05) is 30.5 Å². The van der Waals surface area contributed by atoms with Gasteiger partial charge in [0.2, 0.25) is 0 Å². The van der Waals surface area contributed by atoms with Crippen molar-refractivity contribution in [3.63, 3.8) is 0 Å². The number of hydrogen-bond acceptors (Lipinski definition) is 2. The normalized spacial score (nSPS) is 28.8. The van der Waals surface area contributed by atoms with E-state index < -0.39 is 0 Å². The van der Waals surface area contributed by atoms with Gasteiger partial charge in [0.25, 0.3) is 0 Å². The van der Waals surface area contributed by atoms with E-state index in [1.54, 1.807) is 0 Å². The molecule has 0 saturated heterocycles. The number of aromatic nitrogens is 1. The van der Waals surface area contributed by atoms with E-state index in [-0.39, 0.29) is 6.10 Å². The van der Waals surface area contributed by atoms with Crippen molar-refractivity contribution >= 4 is 17.7 Å². The molecule has 0 amide bonds. The third kappa shape index (κ3) is 4.02. The molecule has 0 unspecified atom stereocenters. The standard InChI is InChI=1S/C23H26ClNO/c24-20-6-3-5-16(12-20)19-9-11-21(25-15-19)10-8-18-14-22(26)13-17-4-1-2-7-23(17)18/h3,5-6,8-12,15,17-18,22-23,26H,1-2,4,7,13-14H2/b10-8+/t17-,18+,22-,23+/m0/s1. The zero-order chi connectivity index (χ0) is 17.9. The topological polar surface area (TPSA) is 33.1 Å². The largest absolute Gasteiger partial charge is 0.393 e. The van der Waals surface area contributed by atoms with E-state index in [9.17, 15) is 5.11 Å². The van der Waals surface area contributed by atoms with Crippen LogP contribution in [-0.4, -0.2) is 16.2 Å². The minimum atomic E-state index is -0.137. The molecule has 1 heterocycles. The van der Waals surface area contributed by atoms with Crippen LogP contribution < -0.4 is 0 Å². The number of aliphatic hydroxyl groups is 1. The number of allylic oxidation sites excluding steroid dienone is 1. The highest BCUT2D eigenvalue weighted by Gasteiger charge is 2.37. The minimum absolute atomic E-state index is 0.137. The highest BCUT2D eigenvalue weighted by molar-refractivity contribution is 6.30. The molecule has 4 atom stereocenters. The molecule has 1 N–H and O–H groups in total. The summed E-state index contributed by atoms with van der Waals surface area (Å²) in [7, 11) is 0. The maximum atomic E-state index is 10.2. The summed E-state index contributed by atoms with van der Waals surface area (Å²) < 4.78 is 0. The first kappa shape index (κ1) is 17.8. The summed E-state index contributed by atoms with van der Waals surface area (Å²) >= 11 is 6.08. The van der Waals surface area contributed by atoms with Gasteiger partial charge in [0.05, 0.1) is 11.8 Å². The first-order chi connectivity index (χ1) is 12.7. The molecule has 4 rings (SSSR count). The molecular weight excluding hydrogens is 342 g/mol. The zero-order valence-corrected chi connectivity index (χ0v) is 15.8. The number of halogens is 1. The van der Waals surface area contributed by atoms with Crippen molar-refractivity contribution in [1.29, 1.82) is 0 Å². The number of hydrogen-bond donors (Lipinski definition) is 1. The van der Waals surface area contributed by atoms with Crippen LogP contribution in [-0.2, 0) is 0 Å². The summed E-state index contributed by atoms with van der Waals surface area (Å²) in [6, 6.07) is 12.0. The van der Waals surface area contributed by atoms with Crippen molar-refractivity contribution in [3.05, 3.63) is 59.4 Å². The average Bonchev–Trinajstić information content (AvgIpc) is 2.66. The van der Waals surface area contributed by atoms with E-state index >= 15 is 0 Å². The highest BCUT2D eigenvalue weighted by Crippen LogP contribution is 2.44. The molecule has 0 bridgehead atoms. The second kappa shape index (κ2) is 7.94. The van der Waals surface area contributed by atoms with Crippen LogP contribution in [0.3, 0.4) is 0 Å².